The molecule has 0 atom stereocenters. The van der Waals surface area contributed by atoms with Crippen LogP contribution in [-0.4, -0.2) is 35.4 Å². The fourth-order valence-electron chi connectivity index (χ4n) is 1.87. The lowest BCUT2D eigenvalue weighted by Gasteiger charge is -2.14. The number of esters is 1. The first-order chi connectivity index (χ1) is 11.3. The van der Waals surface area contributed by atoms with Crippen LogP contribution in [0.3, 0.4) is 0 Å². The number of aromatic amines is 1. The van der Waals surface area contributed by atoms with E-state index in [0.29, 0.717) is 5.56 Å². The third-order valence-corrected chi connectivity index (χ3v) is 3.33. The van der Waals surface area contributed by atoms with Crippen LogP contribution in [0.5, 0.6) is 0 Å². The van der Waals surface area contributed by atoms with Gasteiger partial charge in [0, 0.05) is 11.1 Å². The van der Waals surface area contributed by atoms with E-state index in [1.165, 1.54) is 13.3 Å². The molecule has 7 heteroatoms. The van der Waals surface area contributed by atoms with E-state index in [0.717, 1.165) is 11.3 Å². The van der Waals surface area contributed by atoms with Crippen LogP contribution >= 0.6 is 0 Å². The Labute approximate surface area is 140 Å². The van der Waals surface area contributed by atoms with Crippen molar-refractivity contribution < 1.29 is 14.3 Å². The topological polar surface area (TPSA) is 96.4 Å². The quantitative estimate of drug-likeness (QED) is 0.511. The number of aromatic nitrogens is 2. The predicted octanol–water partition coefficient (Wildman–Crippen LogP) is 2.26. The van der Waals surface area contributed by atoms with Crippen LogP contribution in [-0.2, 0) is 10.2 Å². The van der Waals surface area contributed by atoms with E-state index >= 15 is 0 Å². The number of rotatable bonds is 4. The Morgan fingerprint density at radius 3 is 2.46 bits per heavy atom. The molecule has 0 saturated heterocycles. The van der Waals surface area contributed by atoms with Gasteiger partial charge < -0.3 is 4.74 Å². The lowest BCUT2D eigenvalue weighted by molar-refractivity contribution is 0.0600. The van der Waals surface area contributed by atoms with Gasteiger partial charge in [-0.05, 0) is 23.8 Å². The van der Waals surface area contributed by atoms with Crippen molar-refractivity contribution in [3.8, 4) is 0 Å². The minimum Gasteiger partial charge on any atom is -0.465 e. The van der Waals surface area contributed by atoms with Gasteiger partial charge in [-0.2, -0.15) is 10.2 Å². The molecule has 0 aliphatic rings. The van der Waals surface area contributed by atoms with Crippen LogP contribution in [0.25, 0.3) is 0 Å². The van der Waals surface area contributed by atoms with Crippen molar-refractivity contribution in [1.29, 1.82) is 0 Å². The number of hydrogen-bond acceptors (Lipinski definition) is 5. The average Bonchev–Trinajstić information content (AvgIpc) is 3.05. The first-order valence-corrected chi connectivity index (χ1v) is 7.39. The molecule has 7 nitrogen and oxygen atoms in total. The molecule has 126 valence electrons. The van der Waals surface area contributed by atoms with Crippen molar-refractivity contribution >= 4 is 18.1 Å². The Kier molecular flexibility index (Phi) is 5.13. The standard InChI is InChI=1S/C17H20N4O3/c1-17(2,3)14-9-13(19-20-14)15(22)21-18-10-11-5-7-12(8-6-11)16(23)24-4/h5-10H,1-4H3,(H,19,20)(H,21,22)/b18-10+. The van der Waals surface area contributed by atoms with E-state index in [9.17, 15) is 9.59 Å². The van der Waals surface area contributed by atoms with Crippen molar-refractivity contribution in [3.63, 3.8) is 0 Å². The maximum absolute atomic E-state index is 12.0. The van der Waals surface area contributed by atoms with E-state index in [2.05, 4.69) is 25.5 Å². The Hall–Kier alpha value is -2.96. The Morgan fingerprint density at radius 1 is 1.25 bits per heavy atom. The number of nitrogens with one attached hydrogen (secondary N) is 2. The Morgan fingerprint density at radius 2 is 1.92 bits per heavy atom. The second kappa shape index (κ2) is 7.08. The number of amides is 1. The number of methoxy groups -OCH3 is 1. The van der Waals surface area contributed by atoms with Crippen molar-refractivity contribution in [2.45, 2.75) is 26.2 Å². The monoisotopic (exact) mass is 328 g/mol. The summed E-state index contributed by atoms with van der Waals surface area (Å²) in [5.41, 5.74) is 4.63. The Balaban J connectivity index is 1.97. The summed E-state index contributed by atoms with van der Waals surface area (Å²) in [7, 11) is 1.33. The summed E-state index contributed by atoms with van der Waals surface area (Å²) in [4.78, 5) is 23.3. The summed E-state index contributed by atoms with van der Waals surface area (Å²) in [6, 6.07) is 8.36. The summed E-state index contributed by atoms with van der Waals surface area (Å²) in [5.74, 6) is -0.802. The van der Waals surface area contributed by atoms with Crippen molar-refractivity contribution in [3.05, 3.63) is 52.8 Å². The van der Waals surface area contributed by atoms with Gasteiger partial charge >= 0.3 is 5.97 Å². The highest BCUT2D eigenvalue weighted by Crippen LogP contribution is 2.20. The van der Waals surface area contributed by atoms with Crippen LogP contribution < -0.4 is 5.43 Å². The molecule has 0 spiro atoms. The second-order valence-corrected chi connectivity index (χ2v) is 6.23. The van der Waals surface area contributed by atoms with Gasteiger partial charge in [-0.15, -0.1) is 0 Å². The molecule has 2 rings (SSSR count). The SMILES string of the molecule is COC(=O)c1ccc(/C=N/NC(=O)c2cc(C(C)(C)C)[nH]n2)cc1. The zero-order valence-corrected chi connectivity index (χ0v) is 14.1. The van der Waals surface area contributed by atoms with Crippen molar-refractivity contribution in [2.75, 3.05) is 7.11 Å². The van der Waals surface area contributed by atoms with Crippen LogP contribution in [0.4, 0.5) is 0 Å². The van der Waals surface area contributed by atoms with E-state index < -0.39 is 11.9 Å². The molecule has 1 aromatic heterocycles. The fraction of sp³-hybridized carbons (Fsp3) is 0.294. The molecule has 1 amide bonds. The summed E-state index contributed by atoms with van der Waals surface area (Å²) in [6.07, 6.45) is 1.48. The van der Waals surface area contributed by atoms with Gasteiger partial charge in [0.25, 0.3) is 5.91 Å². The molecular weight excluding hydrogens is 308 g/mol. The van der Waals surface area contributed by atoms with Crippen molar-refractivity contribution in [1.82, 2.24) is 15.6 Å². The van der Waals surface area contributed by atoms with E-state index in [-0.39, 0.29) is 11.1 Å². The van der Waals surface area contributed by atoms with Gasteiger partial charge in [-0.25, -0.2) is 10.2 Å². The smallest absolute Gasteiger partial charge is 0.337 e. The number of ether oxygens (including phenoxy) is 1. The van der Waals surface area contributed by atoms with Crippen LogP contribution in [0.1, 0.15) is 52.9 Å². The highest BCUT2D eigenvalue weighted by molar-refractivity contribution is 5.93. The molecule has 0 saturated carbocycles. The zero-order valence-electron chi connectivity index (χ0n) is 14.1. The number of carbonyl (C=O) groups is 2. The van der Waals surface area contributed by atoms with Gasteiger partial charge in [0.1, 0.15) is 0 Å². The first-order valence-electron chi connectivity index (χ1n) is 7.39. The lowest BCUT2D eigenvalue weighted by atomic mass is 9.92. The number of benzene rings is 1. The third kappa shape index (κ3) is 4.28. The minimum absolute atomic E-state index is 0.115. The molecule has 2 N–H and O–H groups in total. The van der Waals surface area contributed by atoms with Gasteiger partial charge in [-0.3, -0.25) is 9.89 Å². The molecule has 0 aliphatic carbocycles. The minimum atomic E-state index is -0.403. The van der Waals surface area contributed by atoms with Gasteiger partial charge in [0.05, 0.1) is 18.9 Å². The fourth-order valence-corrected chi connectivity index (χ4v) is 1.87. The van der Waals surface area contributed by atoms with E-state index in [4.69, 9.17) is 0 Å². The predicted molar refractivity (Wildman–Crippen MR) is 90.1 cm³/mol. The van der Waals surface area contributed by atoms with Gasteiger partial charge in [0.15, 0.2) is 5.69 Å². The second-order valence-electron chi connectivity index (χ2n) is 6.23. The van der Waals surface area contributed by atoms with Crippen LogP contribution in [0.15, 0.2) is 35.4 Å². The molecule has 1 aromatic carbocycles. The normalized spacial score (nSPS) is 11.5. The van der Waals surface area contributed by atoms with Crippen molar-refractivity contribution in [2.24, 2.45) is 5.10 Å². The van der Waals surface area contributed by atoms with Crippen LogP contribution in [0, 0.1) is 0 Å². The molecule has 0 bridgehead atoms. The lowest BCUT2D eigenvalue weighted by Crippen LogP contribution is -2.18. The number of H-pyrrole nitrogens is 1. The molecule has 0 fully saturated rings. The number of hydrazone groups is 1. The zero-order chi connectivity index (χ0) is 17.7. The number of nitrogens with zero attached hydrogens (tertiary/aromatic N) is 2. The summed E-state index contributed by atoms with van der Waals surface area (Å²) >= 11 is 0. The summed E-state index contributed by atoms with van der Waals surface area (Å²) in [5, 5.41) is 10.7. The summed E-state index contributed by atoms with van der Waals surface area (Å²) < 4.78 is 4.62. The number of hydrogen-bond donors (Lipinski definition) is 2. The molecule has 2 aromatic rings. The molecule has 0 unspecified atom stereocenters. The average molecular weight is 328 g/mol. The van der Waals surface area contributed by atoms with Gasteiger partial charge in [0.2, 0.25) is 0 Å². The molecule has 0 radical (unpaired) electrons. The maximum atomic E-state index is 12.0. The molecule has 24 heavy (non-hydrogen) atoms. The maximum Gasteiger partial charge on any atom is 0.337 e. The van der Waals surface area contributed by atoms with E-state index in [1.54, 1.807) is 30.3 Å². The first kappa shape index (κ1) is 17.4. The molecule has 1 heterocycles. The molecular formula is C17H20N4O3. The number of carbonyl (C=O) groups excluding carboxylic acids is 2. The summed E-state index contributed by atoms with van der Waals surface area (Å²) in [6.45, 7) is 6.08. The van der Waals surface area contributed by atoms with Gasteiger partial charge in [-0.1, -0.05) is 32.9 Å². The van der Waals surface area contributed by atoms with E-state index in [1.807, 2.05) is 20.8 Å². The Bertz CT molecular complexity index is 755. The highest BCUT2D eigenvalue weighted by Gasteiger charge is 2.19. The highest BCUT2D eigenvalue weighted by atomic mass is 16.5. The molecule has 0 aliphatic heterocycles. The third-order valence-electron chi connectivity index (χ3n) is 3.33. The van der Waals surface area contributed by atoms with Crippen LogP contribution in [0.2, 0.25) is 0 Å². The largest absolute Gasteiger partial charge is 0.465 e.